The van der Waals surface area contributed by atoms with E-state index in [2.05, 4.69) is 6.07 Å². The first kappa shape index (κ1) is 29.0. The number of rotatable bonds is 7. The molecule has 0 saturated carbocycles. The van der Waals surface area contributed by atoms with Crippen molar-refractivity contribution in [3.8, 4) is 29.1 Å². The van der Waals surface area contributed by atoms with Crippen LogP contribution in [-0.4, -0.2) is 13.1 Å². The monoisotopic (exact) mass is 626 g/mol. The number of esters is 1. The Hall–Kier alpha value is -5.10. The van der Waals surface area contributed by atoms with Gasteiger partial charge in [0.15, 0.2) is 11.5 Å². The molecule has 8 nitrogen and oxygen atoms in total. The quantitative estimate of drug-likeness (QED) is 0.142. The van der Waals surface area contributed by atoms with Gasteiger partial charge < -0.3 is 29.1 Å². The molecule has 0 amide bonds. The second kappa shape index (κ2) is 11.9. The number of carbonyl (C=O) groups is 1. The molecule has 2 N–H and O–H groups in total. The summed E-state index contributed by atoms with van der Waals surface area (Å²) >= 11 is 12.3. The number of hydrogen-bond acceptors (Lipinski definition) is 8. The second-order valence-corrected chi connectivity index (χ2v) is 10.8. The molecule has 1 aliphatic heterocycles. The zero-order valence-electron chi connectivity index (χ0n) is 23.5. The number of halogens is 2. The molecule has 6 rings (SSSR count). The molecule has 0 saturated heterocycles. The minimum absolute atomic E-state index is 0.0571. The Morgan fingerprint density at radius 3 is 2.59 bits per heavy atom. The van der Waals surface area contributed by atoms with E-state index in [1.165, 1.54) is 7.11 Å². The minimum atomic E-state index is -0.646. The first-order chi connectivity index (χ1) is 21.3. The fraction of sp³-hybridized carbons (Fsp3) is 0.118. The molecule has 5 aromatic rings. The molecule has 1 atom stereocenters. The van der Waals surface area contributed by atoms with Crippen molar-refractivity contribution in [2.24, 2.45) is 5.73 Å². The number of nitrogens with two attached hydrogens (primary N) is 1. The van der Waals surface area contributed by atoms with Crippen LogP contribution in [-0.2, 0) is 6.61 Å². The summed E-state index contributed by atoms with van der Waals surface area (Å²) in [5.74, 6) is 0.320. The first-order valence-corrected chi connectivity index (χ1v) is 14.2. The van der Waals surface area contributed by atoms with Crippen molar-refractivity contribution in [3.05, 3.63) is 128 Å². The standard InChI is InChI=1S/C34H24Cl2N2O6/c1-18-23-5-3-4-6-27(23)43-32(18)34(39)42-22-10-11-24-29(15-22)44-33(38)25(16-37)31(24)19-8-12-28(30(13-19)40-2)41-17-20-7-9-21(35)14-26(20)36/h3-15,31H,17,38H2,1-2H3. The van der Waals surface area contributed by atoms with Crippen LogP contribution in [0.25, 0.3) is 11.0 Å². The number of para-hydroxylation sites is 1. The Morgan fingerprint density at radius 1 is 1.02 bits per heavy atom. The van der Waals surface area contributed by atoms with Gasteiger partial charge in [-0.05, 0) is 48.9 Å². The average molecular weight is 627 g/mol. The number of furan rings is 1. The maximum Gasteiger partial charge on any atom is 0.379 e. The largest absolute Gasteiger partial charge is 0.493 e. The lowest BCUT2D eigenvalue weighted by Crippen LogP contribution is -2.21. The molecule has 0 spiro atoms. The molecule has 1 aliphatic rings. The van der Waals surface area contributed by atoms with Crippen LogP contribution < -0.4 is 24.7 Å². The summed E-state index contributed by atoms with van der Waals surface area (Å²) in [7, 11) is 1.53. The van der Waals surface area contributed by atoms with Gasteiger partial charge in [0.25, 0.3) is 0 Å². The normalized spacial score (nSPS) is 14.0. The molecule has 1 unspecified atom stereocenters. The van der Waals surface area contributed by atoms with Crippen LogP contribution in [0.2, 0.25) is 10.0 Å². The Morgan fingerprint density at radius 2 is 1.84 bits per heavy atom. The molecular formula is C34H24Cl2N2O6. The van der Waals surface area contributed by atoms with E-state index in [9.17, 15) is 10.1 Å². The predicted octanol–water partition coefficient (Wildman–Crippen LogP) is 8.07. The van der Waals surface area contributed by atoms with E-state index in [1.807, 2.05) is 24.3 Å². The predicted molar refractivity (Wildman–Crippen MR) is 165 cm³/mol. The summed E-state index contributed by atoms with van der Waals surface area (Å²) in [6.07, 6.45) is 0. The van der Waals surface area contributed by atoms with E-state index in [-0.39, 0.29) is 29.6 Å². The molecule has 0 fully saturated rings. The maximum absolute atomic E-state index is 13.0. The van der Waals surface area contributed by atoms with Gasteiger partial charge in [0.05, 0.1) is 13.0 Å². The number of nitrogens with zero attached hydrogens (tertiary/aromatic N) is 1. The third kappa shape index (κ3) is 5.39. The van der Waals surface area contributed by atoms with Crippen molar-refractivity contribution >= 4 is 40.1 Å². The number of ether oxygens (including phenoxy) is 4. The highest BCUT2D eigenvalue weighted by Crippen LogP contribution is 2.45. The zero-order valence-corrected chi connectivity index (χ0v) is 25.0. The lowest BCUT2D eigenvalue weighted by Gasteiger charge is -2.27. The molecule has 220 valence electrons. The number of aryl methyl sites for hydroxylation is 1. The number of benzene rings is 4. The van der Waals surface area contributed by atoms with Gasteiger partial charge in [-0.1, -0.05) is 59.6 Å². The summed E-state index contributed by atoms with van der Waals surface area (Å²) in [6.45, 7) is 1.99. The molecule has 0 aliphatic carbocycles. The lowest BCUT2D eigenvalue weighted by molar-refractivity contribution is 0.0702. The summed E-state index contributed by atoms with van der Waals surface area (Å²) in [4.78, 5) is 13.0. The highest BCUT2D eigenvalue weighted by molar-refractivity contribution is 6.35. The summed E-state index contributed by atoms with van der Waals surface area (Å²) in [6, 6.07) is 25.0. The fourth-order valence-electron chi connectivity index (χ4n) is 5.14. The highest BCUT2D eigenvalue weighted by atomic mass is 35.5. The third-order valence-corrected chi connectivity index (χ3v) is 7.94. The molecule has 1 aromatic heterocycles. The number of nitriles is 1. The number of methoxy groups -OCH3 is 1. The van der Waals surface area contributed by atoms with E-state index in [1.54, 1.807) is 61.5 Å². The third-order valence-electron chi connectivity index (χ3n) is 7.35. The van der Waals surface area contributed by atoms with E-state index < -0.39 is 11.9 Å². The van der Waals surface area contributed by atoms with Gasteiger partial charge in [-0.25, -0.2) is 4.79 Å². The van der Waals surface area contributed by atoms with Gasteiger partial charge >= 0.3 is 5.97 Å². The summed E-state index contributed by atoms with van der Waals surface area (Å²) < 4.78 is 28.8. The highest BCUT2D eigenvalue weighted by Gasteiger charge is 2.32. The molecule has 2 heterocycles. The van der Waals surface area contributed by atoms with Crippen LogP contribution in [0, 0.1) is 18.3 Å². The molecule has 4 aromatic carbocycles. The Labute approximate surface area is 262 Å². The van der Waals surface area contributed by atoms with Crippen LogP contribution in [0.5, 0.6) is 23.0 Å². The van der Waals surface area contributed by atoms with Crippen LogP contribution in [0.1, 0.15) is 38.7 Å². The Kier molecular flexibility index (Phi) is 7.83. The van der Waals surface area contributed by atoms with Crippen molar-refractivity contribution in [2.45, 2.75) is 19.4 Å². The van der Waals surface area contributed by atoms with Gasteiger partial charge in [-0.3, -0.25) is 0 Å². The molecule has 0 radical (unpaired) electrons. The SMILES string of the molecule is COc1cc(C2C(C#N)=C(N)Oc3cc(OC(=O)c4oc5ccccc5c4C)ccc32)ccc1OCc1ccc(Cl)cc1Cl. The minimum Gasteiger partial charge on any atom is -0.493 e. The number of allylic oxidation sites excluding steroid dienone is 1. The number of fused-ring (bicyclic) bond motifs is 2. The van der Waals surface area contributed by atoms with E-state index in [0.29, 0.717) is 49.6 Å². The van der Waals surface area contributed by atoms with Crippen LogP contribution in [0.3, 0.4) is 0 Å². The summed E-state index contributed by atoms with van der Waals surface area (Å²) in [5, 5.41) is 11.9. The Bertz CT molecular complexity index is 2010. The maximum atomic E-state index is 13.0. The average Bonchev–Trinajstić information content (AvgIpc) is 3.36. The van der Waals surface area contributed by atoms with E-state index >= 15 is 0 Å². The summed E-state index contributed by atoms with van der Waals surface area (Å²) in [5.41, 5.74) is 9.84. The second-order valence-electron chi connectivity index (χ2n) is 10.0. The molecule has 44 heavy (non-hydrogen) atoms. The fourth-order valence-corrected chi connectivity index (χ4v) is 5.60. The van der Waals surface area contributed by atoms with E-state index in [0.717, 1.165) is 10.9 Å². The lowest BCUT2D eigenvalue weighted by atomic mass is 9.83. The van der Waals surface area contributed by atoms with Crippen LogP contribution in [0.4, 0.5) is 0 Å². The van der Waals surface area contributed by atoms with Crippen molar-refractivity contribution < 1.29 is 28.2 Å². The van der Waals surface area contributed by atoms with Gasteiger partial charge in [0, 0.05) is 38.2 Å². The van der Waals surface area contributed by atoms with Crippen LogP contribution >= 0.6 is 23.2 Å². The Balaban J connectivity index is 1.28. The molecular weight excluding hydrogens is 603 g/mol. The van der Waals surface area contributed by atoms with Crippen molar-refractivity contribution in [1.29, 1.82) is 5.26 Å². The van der Waals surface area contributed by atoms with Gasteiger partial charge in [0.1, 0.15) is 35.3 Å². The van der Waals surface area contributed by atoms with Crippen molar-refractivity contribution in [2.75, 3.05) is 7.11 Å². The number of hydrogen-bond donors (Lipinski definition) is 1. The van der Waals surface area contributed by atoms with Crippen molar-refractivity contribution in [1.82, 2.24) is 0 Å². The van der Waals surface area contributed by atoms with Crippen molar-refractivity contribution in [3.63, 3.8) is 0 Å². The number of carbonyl (C=O) groups excluding carboxylic acids is 1. The molecule has 10 heteroatoms. The van der Waals surface area contributed by atoms with Crippen LogP contribution in [0.15, 0.2) is 94.7 Å². The van der Waals surface area contributed by atoms with Gasteiger partial charge in [0.2, 0.25) is 11.6 Å². The first-order valence-electron chi connectivity index (χ1n) is 13.4. The molecule has 0 bridgehead atoms. The zero-order chi connectivity index (χ0) is 31.0. The van der Waals surface area contributed by atoms with Gasteiger partial charge in [-0.15, -0.1) is 0 Å². The van der Waals surface area contributed by atoms with E-state index in [4.69, 9.17) is 52.3 Å². The van der Waals surface area contributed by atoms with Gasteiger partial charge in [-0.2, -0.15) is 5.26 Å². The topological polar surface area (TPSA) is 117 Å². The smallest absolute Gasteiger partial charge is 0.379 e.